The highest BCUT2D eigenvalue weighted by Crippen LogP contribution is 2.27. The highest BCUT2D eigenvalue weighted by Gasteiger charge is 2.17. The minimum absolute atomic E-state index is 0.0610. The van der Waals surface area contributed by atoms with Gasteiger partial charge in [0.2, 0.25) is 0 Å². The van der Waals surface area contributed by atoms with E-state index in [9.17, 15) is 4.79 Å². The Bertz CT molecular complexity index is 1200. The number of hydrogen-bond donors (Lipinski definition) is 1. The summed E-state index contributed by atoms with van der Waals surface area (Å²) in [5, 5.41) is 7.52. The maximum atomic E-state index is 12.7. The van der Waals surface area contributed by atoms with E-state index in [1.54, 1.807) is 19.4 Å². The molecule has 0 unspecified atom stereocenters. The first-order chi connectivity index (χ1) is 13.5. The zero-order valence-electron chi connectivity index (χ0n) is 16.4. The number of hydrogen-bond acceptors (Lipinski definition) is 4. The number of ether oxygens (including phenoxy) is 1. The van der Waals surface area contributed by atoms with E-state index in [0.29, 0.717) is 12.2 Å². The summed E-state index contributed by atoms with van der Waals surface area (Å²) < 4.78 is 8.75. The summed E-state index contributed by atoms with van der Waals surface area (Å²) in [6.45, 7) is 6.72. The Hall–Kier alpha value is -3.35. The molecule has 1 N–H and O–H groups in total. The average Bonchev–Trinajstić information content (AvgIpc) is 3.25. The third-order valence-corrected chi connectivity index (χ3v) is 5.11. The fraction of sp³-hybridized carbons (Fsp3) is 0.286. The monoisotopic (exact) mass is 377 g/mol. The lowest BCUT2D eigenvalue weighted by molar-refractivity contribution is 0.415. The van der Waals surface area contributed by atoms with Crippen LogP contribution in [0.25, 0.3) is 16.9 Å². The first-order valence-electron chi connectivity index (χ1n) is 9.23. The second-order valence-corrected chi connectivity index (χ2v) is 7.08. The van der Waals surface area contributed by atoms with E-state index >= 15 is 0 Å². The van der Waals surface area contributed by atoms with Gasteiger partial charge in [-0.1, -0.05) is 19.1 Å². The molecule has 0 bridgehead atoms. The Morgan fingerprint density at radius 3 is 2.75 bits per heavy atom. The first kappa shape index (κ1) is 18.0. The van der Waals surface area contributed by atoms with Gasteiger partial charge in [-0.15, -0.1) is 0 Å². The number of H-pyrrole nitrogens is 1. The summed E-state index contributed by atoms with van der Waals surface area (Å²) >= 11 is 0. The summed E-state index contributed by atoms with van der Waals surface area (Å²) in [4.78, 5) is 17.5. The molecular weight excluding hydrogens is 354 g/mol. The molecule has 0 aliphatic rings. The van der Waals surface area contributed by atoms with Gasteiger partial charge in [0.1, 0.15) is 5.75 Å². The minimum Gasteiger partial charge on any atom is -0.497 e. The molecule has 3 heterocycles. The van der Waals surface area contributed by atoms with Crippen LogP contribution in [0.3, 0.4) is 0 Å². The zero-order valence-corrected chi connectivity index (χ0v) is 16.4. The van der Waals surface area contributed by atoms with Gasteiger partial charge in [0.25, 0.3) is 5.56 Å². The molecule has 0 aliphatic heterocycles. The molecule has 4 rings (SSSR count). The van der Waals surface area contributed by atoms with Crippen molar-refractivity contribution in [2.24, 2.45) is 0 Å². The van der Waals surface area contributed by atoms with Gasteiger partial charge in [0.15, 0.2) is 5.65 Å². The van der Waals surface area contributed by atoms with Gasteiger partial charge in [-0.3, -0.25) is 14.6 Å². The van der Waals surface area contributed by atoms with Crippen molar-refractivity contribution < 1.29 is 4.74 Å². The van der Waals surface area contributed by atoms with Crippen molar-refractivity contribution in [1.82, 2.24) is 24.4 Å². The van der Waals surface area contributed by atoms with Crippen molar-refractivity contribution in [2.75, 3.05) is 7.11 Å². The number of nitrogens with zero attached hydrogens (tertiary/aromatic N) is 4. The summed E-state index contributed by atoms with van der Waals surface area (Å²) in [6.07, 6.45) is 1.78. The van der Waals surface area contributed by atoms with Gasteiger partial charge in [0.05, 0.1) is 18.5 Å². The molecule has 0 saturated heterocycles. The molecule has 0 spiro atoms. The molecule has 7 nitrogen and oxygen atoms in total. The van der Waals surface area contributed by atoms with Crippen LogP contribution in [0.4, 0.5) is 0 Å². The smallest absolute Gasteiger partial charge is 0.272 e. The van der Waals surface area contributed by atoms with Crippen LogP contribution in [0.1, 0.15) is 29.8 Å². The van der Waals surface area contributed by atoms with Crippen LogP contribution in [0.2, 0.25) is 0 Å². The molecule has 4 aromatic rings. The first-order valence-corrected chi connectivity index (χ1v) is 9.23. The second kappa shape index (κ2) is 6.99. The van der Waals surface area contributed by atoms with E-state index in [1.165, 1.54) is 4.52 Å². The lowest BCUT2D eigenvalue weighted by Crippen LogP contribution is -2.18. The maximum Gasteiger partial charge on any atom is 0.272 e. The van der Waals surface area contributed by atoms with Gasteiger partial charge >= 0.3 is 0 Å². The fourth-order valence-corrected chi connectivity index (χ4v) is 3.42. The topological polar surface area (TPSA) is 77.2 Å². The number of aromatic amines is 1. The normalized spacial score (nSPS) is 12.4. The average molecular weight is 377 g/mol. The number of fused-ring (bicyclic) bond motifs is 1. The number of rotatable bonds is 5. The van der Waals surface area contributed by atoms with Gasteiger partial charge in [-0.2, -0.15) is 5.10 Å². The Morgan fingerprint density at radius 1 is 1.21 bits per heavy atom. The zero-order chi connectivity index (χ0) is 19.8. The number of methoxy groups -OCH3 is 1. The van der Waals surface area contributed by atoms with E-state index < -0.39 is 0 Å². The standard InChI is InChI=1S/C21H23N5O2/c1-13(12-25-14(2)8-9-22-25)18-11-19(27)26-21(23-18)15(3)20(24-26)16-6-5-7-17(10-16)28-4/h5-11,13,24H,12H2,1-4H3/t13-/m1/s1. The van der Waals surface area contributed by atoms with E-state index in [0.717, 1.165) is 34.0 Å². The predicted molar refractivity (Wildman–Crippen MR) is 108 cm³/mol. The number of aryl methyl sites for hydroxylation is 2. The van der Waals surface area contributed by atoms with Crippen LogP contribution in [0, 0.1) is 13.8 Å². The van der Waals surface area contributed by atoms with E-state index in [1.807, 2.05) is 48.9 Å². The number of benzene rings is 1. The summed E-state index contributed by atoms with van der Waals surface area (Å²) in [6, 6.07) is 11.3. The summed E-state index contributed by atoms with van der Waals surface area (Å²) in [5.41, 5.74) is 5.10. The number of aromatic nitrogens is 5. The second-order valence-electron chi connectivity index (χ2n) is 7.08. The third kappa shape index (κ3) is 3.09. The Kier molecular flexibility index (Phi) is 4.50. The van der Waals surface area contributed by atoms with E-state index in [4.69, 9.17) is 9.72 Å². The molecule has 1 aromatic carbocycles. The minimum atomic E-state index is -0.124. The SMILES string of the molecule is COc1cccc(-c2[nH]n3c(=O)cc([C@H](C)Cn4nccc4C)nc3c2C)c1. The quantitative estimate of drug-likeness (QED) is 0.579. The van der Waals surface area contributed by atoms with Crippen molar-refractivity contribution in [1.29, 1.82) is 0 Å². The molecule has 0 fully saturated rings. The molecule has 28 heavy (non-hydrogen) atoms. The Morgan fingerprint density at radius 2 is 2.04 bits per heavy atom. The molecule has 0 radical (unpaired) electrons. The molecular formula is C21H23N5O2. The molecule has 144 valence electrons. The van der Waals surface area contributed by atoms with Gasteiger partial charge in [-0.05, 0) is 32.0 Å². The predicted octanol–water partition coefficient (Wildman–Crippen LogP) is 3.32. The Labute approximate surface area is 162 Å². The molecule has 7 heteroatoms. The van der Waals surface area contributed by atoms with Gasteiger partial charge in [-0.25, -0.2) is 9.50 Å². The molecule has 0 saturated carbocycles. The van der Waals surface area contributed by atoms with Crippen molar-refractivity contribution >= 4 is 5.65 Å². The van der Waals surface area contributed by atoms with Crippen LogP contribution in [0.15, 0.2) is 47.4 Å². The Balaban J connectivity index is 1.77. The van der Waals surface area contributed by atoms with Crippen molar-refractivity contribution in [2.45, 2.75) is 33.2 Å². The van der Waals surface area contributed by atoms with Crippen LogP contribution in [0.5, 0.6) is 5.75 Å². The highest BCUT2D eigenvalue weighted by atomic mass is 16.5. The van der Waals surface area contributed by atoms with Crippen LogP contribution in [-0.2, 0) is 6.54 Å². The van der Waals surface area contributed by atoms with Crippen molar-refractivity contribution in [3.8, 4) is 17.0 Å². The van der Waals surface area contributed by atoms with Crippen LogP contribution < -0.4 is 10.3 Å². The molecule has 1 atom stereocenters. The summed E-state index contributed by atoms with van der Waals surface area (Å²) in [5.74, 6) is 0.825. The number of nitrogens with one attached hydrogen (secondary N) is 1. The van der Waals surface area contributed by atoms with Crippen molar-refractivity contribution in [3.05, 3.63) is 69.9 Å². The largest absolute Gasteiger partial charge is 0.497 e. The van der Waals surface area contributed by atoms with Gasteiger partial charge in [0, 0.05) is 41.5 Å². The van der Waals surface area contributed by atoms with Crippen LogP contribution >= 0.6 is 0 Å². The third-order valence-electron chi connectivity index (χ3n) is 5.11. The van der Waals surface area contributed by atoms with Crippen LogP contribution in [-0.4, -0.2) is 31.5 Å². The van der Waals surface area contributed by atoms with Crippen molar-refractivity contribution in [3.63, 3.8) is 0 Å². The van der Waals surface area contributed by atoms with E-state index in [-0.39, 0.29) is 11.5 Å². The summed E-state index contributed by atoms with van der Waals surface area (Å²) in [7, 11) is 1.64. The lowest BCUT2D eigenvalue weighted by atomic mass is 10.1. The molecule has 0 aliphatic carbocycles. The lowest BCUT2D eigenvalue weighted by Gasteiger charge is -2.12. The molecule has 3 aromatic heterocycles. The van der Waals surface area contributed by atoms with E-state index in [2.05, 4.69) is 17.1 Å². The highest BCUT2D eigenvalue weighted by molar-refractivity contribution is 5.71. The van der Waals surface area contributed by atoms with Gasteiger partial charge < -0.3 is 4.74 Å². The maximum absolute atomic E-state index is 12.7. The molecule has 0 amide bonds. The fourth-order valence-electron chi connectivity index (χ4n) is 3.42.